The van der Waals surface area contributed by atoms with E-state index in [1.54, 1.807) is 0 Å². The topological polar surface area (TPSA) is 46.6 Å². The highest BCUT2D eigenvalue weighted by Gasteiger charge is 2.72. The van der Waals surface area contributed by atoms with Gasteiger partial charge in [-0.25, -0.2) is 9.69 Å². The van der Waals surface area contributed by atoms with Crippen molar-refractivity contribution in [3.05, 3.63) is 0 Å². The number of nitrogens with zero attached hydrogens (tertiary/aromatic N) is 1. The Kier molecular flexibility index (Phi) is 5.68. The summed E-state index contributed by atoms with van der Waals surface area (Å²) in [4.78, 5) is 26.9. The van der Waals surface area contributed by atoms with Gasteiger partial charge in [-0.15, -0.1) is 0 Å². The van der Waals surface area contributed by atoms with Crippen LogP contribution in [0.3, 0.4) is 0 Å². The predicted molar refractivity (Wildman–Crippen MR) is 106 cm³/mol. The fourth-order valence-corrected chi connectivity index (χ4v) is 6.09. The van der Waals surface area contributed by atoms with Gasteiger partial charge in [0.05, 0.1) is 6.04 Å². The number of rotatable bonds is 8. The van der Waals surface area contributed by atoms with Gasteiger partial charge in [0.25, 0.3) is 0 Å². The van der Waals surface area contributed by atoms with Crippen molar-refractivity contribution in [2.75, 3.05) is 0 Å². The minimum Gasteiger partial charge on any atom is -0.443 e. The number of thiol groups is 1. The molecule has 1 heterocycles. The summed E-state index contributed by atoms with van der Waals surface area (Å²) in [5.74, 6) is 0.269. The molecule has 5 atom stereocenters. The Labute approximate surface area is 163 Å². The van der Waals surface area contributed by atoms with E-state index in [0.717, 1.165) is 25.7 Å². The zero-order valence-electron chi connectivity index (χ0n) is 16.8. The van der Waals surface area contributed by atoms with E-state index >= 15 is 0 Å². The first kappa shape index (κ1) is 20.0. The Balaban J connectivity index is 1.60. The molecule has 0 aromatic rings. The lowest BCUT2D eigenvalue weighted by molar-refractivity contribution is -0.131. The van der Waals surface area contributed by atoms with Crippen LogP contribution in [-0.2, 0) is 9.53 Å². The van der Waals surface area contributed by atoms with Crippen molar-refractivity contribution in [3.8, 4) is 0 Å². The van der Waals surface area contributed by atoms with Crippen LogP contribution in [0.25, 0.3) is 0 Å². The van der Waals surface area contributed by atoms with Crippen molar-refractivity contribution >= 4 is 24.6 Å². The van der Waals surface area contributed by atoms with Crippen molar-refractivity contribution in [1.29, 1.82) is 0 Å². The maximum atomic E-state index is 12.9. The van der Waals surface area contributed by atoms with Crippen LogP contribution in [0.5, 0.6) is 0 Å². The summed E-state index contributed by atoms with van der Waals surface area (Å²) in [7, 11) is 0. The molecule has 2 aliphatic carbocycles. The molecule has 0 N–H and O–H groups in total. The molecular weight excluding hydrogens is 346 g/mol. The molecule has 3 fully saturated rings. The summed E-state index contributed by atoms with van der Waals surface area (Å²) in [5.41, 5.74) is 0.0532. The molecule has 1 saturated heterocycles. The Hall–Kier alpha value is -0.710. The van der Waals surface area contributed by atoms with Crippen LogP contribution in [0.1, 0.15) is 85.5 Å². The summed E-state index contributed by atoms with van der Waals surface area (Å²) in [5, 5.41) is 0.0235. The first-order valence-corrected chi connectivity index (χ1v) is 11.0. The largest absolute Gasteiger partial charge is 0.443 e. The molecule has 148 valence electrons. The molecule has 4 nitrogen and oxygen atoms in total. The molecule has 2 amide bonds. The normalized spacial score (nSPS) is 35.5. The van der Waals surface area contributed by atoms with E-state index in [2.05, 4.69) is 40.3 Å². The van der Waals surface area contributed by atoms with Gasteiger partial charge < -0.3 is 4.74 Å². The minimum atomic E-state index is -0.429. The number of ether oxygens (including phenoxy) is 1. The summed E-state index contributed by atoms with van der Waals surface area (Å²) in [6, 6.07) is -0.0960. The maximum Gasteiger partial charge on any atom is 0.417 e. The van der Waals surface area contributed by atoms with E-state index in [0.29, 0.717) is 12.3 Å². The van der Waals surface area contributed by atoms with Crippen LogP contribution in [0.2, 0.25) is 0 Å². The van der Waals surface area contributed by atoms with Crippen molar-refractivity contribution in [2.45, 2.75) is 103 Å². The lowest BCUT2D eigenvalue weighted by atomic mass is 9.69. The fourth-order valence-electron chi connectivity index (χ4n) is 5.76. The second-order valence-corrected chi connectivity index (χ2v) is 10.1. The number of imide groups is 1. The Morgan fingerprint density at radius 1 is 1.27 bits per heavy atom. The van der Waals surface area contributed by atoms with Gasteiger partial charge in [-0.05, 0) is 30.1 Å². The first-order valence-electron chi connectivity index (χ1n) is 10.4. The van der Waals surface area contributed by atoms with Gasteiger partial charge in [-0.1, -0.05) is 59.8 Å². The molecule has 5 heteroatoms. The summed E-state index contributed by atoms with van der Waals surface area (Å²) in [6.07, 6.45) is 8.93. The lowest BCUT2D eigenvalue weighted by Crippen LogP contribution is -2.50. The number of unbranched alkanes of at least 4 members (excludes halogenated alkanes) is 4. The van der Waals surface area contributed by atoms with Crippen LogP contribution in [0.4, 0.5) is 4.79 Å². The molecule has 3 rings (SSSR count). The molecular formula is C21H35NO3S. The van der Waals surface area contributed by atoms with Crippen LogP contribution < -0.4 is 0 Å². The lowest BCUT2D eigenvalue weighted by Gasteiger charge is -2.40. The zero-order chi connectivity index (χ0) is 19.1. The Morgan fingerprint density at radius 3 is 2.65 bits per heavy atom. The average Bonchev–Trinajstić information content (AvgIpc) is 3.07. The number of fused-ring (bicyclic) bond motifs is 5. The third-order valence-corrected chi connectivity index (χ3v) is 8.21. The second kappa shape index (κ2) is 7.37. The van der Waals surface area contributed by atoms with Crippen LogP contribution in [-0.4, -0.2) is 34.3 Å². The zero-order valence-corrected chi connectivity index (χ0v) is 17.7. The van der Waals surface area contributed by atoms with Gasteiger partial charge in [-0.3, -0.25) is 4.79 Å². The van der Waals surface area contributed by atoms with E-state index in [1.807, 2.05) is 0 Å². The van der Waals surface area contributed by atoms with E-state index in [-0.39, 0.29) is 34.1 Å². The Bertz CT molecular complexity index is 563. The number of hydrogen-bond donors (Lipinski definition) is 1. The summed E-state index contributed by atoms with van der Waals surface area (Å²) >= 11 is 4.62. The highest BCUT2D eigenvalue weighted by molar-refractivity contribution is 7.81. The molecule has 2 bridgehead atoms. The van der Waals surface area contributed by atoms with E-state index in [4.69, 9.17) is 4.74 Å². The molecule has 0 aromatic carbocycles. The number of hydrogen-bond acceptors (Lipinski definition) is 4. The number of amides is 2. The third kappa shape index (κ3) is 3.08. The molecule has 26 heavy (non-hydrogen) atoms. The van der Waals surface area contributed by atoms with E-state index < -0.39 is 6.09 Å². The maximum absolute atomic E-state index is 12.9. The minimum absolute atomic E-state index is 0.0235. The van der Waals surface area contributed by atoms with Crippen molar-refractivity contribution in [1.82, 2.24) is 4.90 Å². The summed E-state index contributed by atoms with van der Waals surface area (Å²) in [6.45, 7) is 9.00. The van der Waals surface area contributed by atoms with Gasteiger partial charge in [0.15, 0.2) is 0 Å². The van der Waals surface area contributed by atoms with Gasteiger partial charge >= 0.3 is 6.09 Å². The van der Waals surface area contributed by atoms with Crippen LogP contribution >= 0.6 is 12.6 Å². The quantitative estimate of drug-likeness (QED) is 0.464. The molecule has 0 aromatic heterocycles. The van der Waals surface area contributed by atoms with Crippen molar-refractivity contribution in [3.63, 3.8) is 0 Å². The van der Waals surface area contributed by atoms with Gasteiger partial charge in [0, 0.05) is 17.6 Å². The van der Waals surface area contributed by atoms with Gasteiger partial charge in [-0.2, -0.15) is 12.6 Å². The highest BCUT2D eigenvalue weighted by Crippen LogP contribution is 2.68. The predicted octanol–water partition coefficient (Wildman–Crippen LogP) is 5.21. The van der Waals surface area contributed by atoms with Crippen molar-refractivity contribution < 1.29 is 14.3 Å². The molecule has 1 unspecified atom stereocenters. The van der Waals surface area contributed by atoms with E-state index in [1.165, 1.54) is 30.6 Å². The molecule has 1 aliphatic heterocycles. The average molecular weight is 382 g/mol. The molecule has 3 aliphatic rings. The number of carbonyl (C=O) groups excluding carboxylic acids is 2. The first-order chi connectivity index (χ1) is 12.2. The van der Waals surface area contributed by atoms with Crippen LogP contribution in [0.15, 0.2) is 0 Å². The van der Waals surface area contributed by atoms with Gasteiger partial charge in [0.2, 0.25) is 5.91 Å². The fraction of sp³-hybridized carbons (Fsp3) is 0.905. The standard InChI is InChI=1S/C21H35NO3S/c1-5-6-7-8-9-10-14(26)13-16(23)22-18-17(25-19(22)24)15-11-12-21(18,4)20(15,2)3/h14-15,17-18,26H,5-13H2,1-4H3/t14-,15?,17-,18-,21+/m1/s1. The molecule has 0 spiro atoms. The number of carbonyl (C=O) groups is 2. The van der Waals surface area contributed by atoms with Gasteiger partial charge in [0.1, 0.15) is 6.10 Å². The van der Waals surface area contributed by atoms with Crippen LogP contribution in [0, 0.1) is 16.7 Å². The van der Waals surface area contributed by atoms with Crippen molar-refractivity contribution in [2.24, 2.45) is 16.7 Å². The van der Waals surface area contributed by atoms with E-state index in [9.17, 15) is 9.59 Å². The SMILES string of the molecule is CCCCCCC[C@@H](S)CC(=O)N1C(=O)O[C@@H]2C3CC[C@@](C)([C@@H]21)C3(C)C. The Morgan fingerprint density at radius 2 is 1.96 bits per heavy atom. The second-order valence-electron chi connectivity index (χ2n) is 9.40. The molecule has 0 radical (unpaired) electrons. The third-order valence-electron chi connectivity index (χ3n) is 7.77. The monoisotopic (exact) mass is 381 g/mol. The summed E-state index contributed by atoms with van der Waals surface area (Å²) < 4.78 is 5.70. The molecule has 2 saturated carbocycles. The highest BCUT2D eigenvalue weighted by atomic mass is 32.1. The smallest absolute Gasteiger partial charge is 0.417 e.